The quantitative estimate of drug-likeness (QED) is 0.530. The zero-order chi connectivity index (χ0) is 20.1. The molecule has 29 heavy (non-hydrogen) atoms. The molecule has 2 N–H and O–H groups in total. The maximum atomic E-state index is 12.4. The molecule has 1 aromatic heterocycles. The SMILES string of the molecule is O=C(NCc1ccccc1)c1ccc(-c2ccc(-c3ccccc3)cc2)[nH]c1=O. The average Bonchev–Trinajstić information content (AvgIpc) is 2.79. The summed E-state index contributed by atoms with van der Waals surface area (Å²) in [5, 5.41) is 2.78. The Labute approximate surface area is 168 Å². The lowest BCUT2D eigenvalue weighted by Gasteiger charge is -2.07. The van der Waals surface area contributed by atoms with Crippen molar-refractivity contribution in [2.24, 2.45) is 0 Å². The fourth-order valence-corrected chi connectivity index (χ4v) is 3.17. The summed E-state index contributed by atoms with van der Waals surface area (Å²) in [6.45, 7) is 0.377. The minimum atomic E-state index is -0.403. The van der Waals surface area contributed by atoms with Crippen molar-refractivity contribution in [1.29, 1.82) is 0 Å². The summed E-state index contributed by atoms with van der Waals surface area (Å²) in [7, 11) is 0. The number of aromatic nitrogens is 1. The van der Waals surface area contributed by atoms with Gasteiger partial charge in [0.2, 0.25) is 0 Å². The first kappa shape index (κ1) is 18.4. The van der Waals surface area contributed by atoms with E-state index in [1.165, 1.54) is 0 Å². The van der Waals surface area contributed by atoms with Crippen molar-refractivity contribution in [3.05, 3.63) is 119 Å². The van der Waals surface area contributed by atoms with Crippen molar-refractivity contribution in [3.63, 3.8) is 0 Å². The summed E-state index contributed by atoms with van der Waals surface area (Å²) >= 11 is 0. The molecule has 4 rings (SSSR count). The number of benzene rings is 3. The van der Waals surface area contributed by atoms with Crippen molar-refractivity contribution >= 4 is 5.91 Å². The van der Waals surface area contributed by atoms with Crippen molar-refractivity contribution in [1.82, 2.24) is 10.3 Å². The van der Waals surface area contributed by atoms with E-state index in [4.69, 9.17) is 0 Å². The fourth-order valence-electron chi connectivity index (χ4n) is 3.17. The van der Waals surface area contributed by atoms with Crippen LogP contribution in [0.5, 0.6) is 0 Å². The van der Waals surface area contributed by atoms with Gasteiger partial charge in [-0.2, -0.15) is 0 Å². The van der Waals surface area contributed by atoms with Gasteiger partial charge >= 0.3 is 0 Å². The van der Waals surface area contributed by atoms with Crippen molar-refractivity contribution in [2.75, 3.05) is 0 Å². The molecular formula is C25H20N2O2. The largest absolute Gasteiger partial charge is 0.348 e. The van der Waals surface area contributed by atoms with Crippen LogP contribution in [0.15, 0.2) is 102 Å². The molecule has 0 aliphatic heterocycles. The van der Waals surface area contributed by atoms with Gasteiger partial charge in [0.25, 0.3) is 11.5 Å². The van der Waals surface area contributed by atoms with Gasteiger partial charge in [-0.1, -0.05) is 84.9 Å². The Kier molecular flexibility index (Phi) is 5.34. The number of amides is 1. The van der Waals surface area contributed by atoms with E-state index in [9.17, 15) is 9.59 Å². The van der Waals surface area contributed by atoms with E-state index in [1.807, 2.05) is 72.8 Å². The first-order valence-electron chi connectivity index (χ1n) is 9.42. The van der Waals surface area contributed by atoms with Gasteiger partial charge in [-0.05, 0) is 34.4 Å². The second-order valence-electron chi connectivity index (χ2n) is 6.73. The smallest absolute Gasteiger partial charge is 0.261 e. The number of carbonyl (C=O) groups is 1. The highest BCUT2D eigenvalue weighted by molar-refractivity contribution is 5.94. The molecule has 0 saturated heterocycles. The second-order valence-corrected chi connectivity index (χ2v) is 6.73. The van der Waals surface area contributed by atoms with Gasteiger partial charge in [0.05, 0.1) is 0 Å². The first-order chi connectivity index (χ1) is 14.2. The standard InChI is InChI=1S/C25H20N2O2/c28-24(26-17-18-7-3-1-4-8-18)22-15-16-23(27-25(22)29)21-13-11-20(12-14-21)19-9-5-2-6-10-19/h1-16H,17H2,(H,26,28)(H,27,29). The van der Waals surface area contributed by atoms with Crippen LogP contribution in [0.3, 0.4) is 0 Å². The number of hydrogen-bond acceptors (Lipinski definition) is 2. The van der Waals surface area contributed by atoms with Gasteiger partial charge < -0.3 is 10.3 Å². The normalized spacial score (nSPS) is 10.5. The van der Waals surface area contributed by atoms with E-state index in [-0.39, 0.29) is 11.5 Å². The maximum Gasteiger partial charge on any atom is 0.261 e. The number of hydrogen-bond donors (Lipinski definition) is 2. The molecule has 0 aliphatic carbocycles. The van der Waals surface area contributed by atoms with E-state index in [0.717, 1.165) is 22.3 Å². The summed E-state index contributed by atoms with van der Waals surface area (Å²) in [4.78, 5) is 27.6. The molecule has 142 valence electrons. The minimum Gasteiger partial charge on any atom is -0.348 e. The number of pyridine rings is 1. The summed E-state index contributed by atoms with van der Waals surface area (Å²) in [5.41, 5.74) is 4.48. The Morgan fingerprint density at radius 1 is 0.690 bits per heavy atom. The third-order valence-electron chi connectivity index (χ3n) is 4.75. The van der Waals surface area contributed by atoms with Gasteiger partial charge in [-0.15, -0.1) is 0 Å². The van der Waals surface area contributed by atoms with Gasteiger partial charge in [-0.25, -0.2) is 0 Å². The minimum absolute atomic E-state index is 0.102. The second kappa shape index (κ2) is 8.40. The van der Waals surface area contributed by atoms with E-state index < -0.39 is 5.56 Å². The molecule has 0 aliphatic rings. The zero-order valence-electron chi connectivity index (χ0n) is 15.8. The Hall–Kier alpha value is -3.92. The third kappa shape index (κ3) is 4.33. The van der Waals surface area contributed by atoms with E-state index in [2.05, 4.69) is 22.4 Å². The van der Waals surface area contributed by atoms with Gasteiger partial charge in [0.15, 0.2) is 0 Å². The van der Waals surface area contributed by atoms with Crippen LogP contribution in [0, 0.1) is 0 Å². The molecule has 4 nitrogen and oxygen atoms in total. The van der Waals surface area contributed by atoms with Gasteiger partial charge in [-0.3, -0.25) is 9.59 Å². The zero-order valence-corrected chi connectivity index (χ0v) is 15.8. The summed E-state index contributed by atoms with van der Waals surface area (Å²) < 4.78 is 0. The number of rotatable bonds is 5. The lowest BCUT2D eigenvalue weighted by atomic mass is 10.0. The van der Waals surface area contributed by atoms with Crippen LogP contribution in [-0.2, 0) is 6.54 Å². The monoisotopic (exact) mass is 380 g/mol. The highest BCUT2D eigenvalue weighted by atomic mass is 16.2. The van der Waals surface area contributed by atoms with Crippen molar-refractivity contribution in [2.45, 2.75) is 6.54 Å². The third-order valence-corrected chi connectivity index (χ3v) is 4.75. The van der Waals surface area contributed by atoms with Crippen LogP contribution in [0.2, 0.25) is 0 Å². The fraction of sp³-hybridized carbons (Fsp3) is 0.0400. The van der Waals surface area contributed by atoms with Crippen LogP contribution in [0.4, 0.5) is 0 Å². The van der Waals surface area contributed by atoms with Crippen LogP contribution in [0.25, 0.3) is 22.4 Å². The van der Waals surface area contributed by atoms with E-state index >= 15 is 0 Å². The number of aromatic amines is 1. The average molecular weight is 380 g/mol. The molecule has 0 unspecified atom stereocenters. The van der Waals surface area contributed by atoms with Crippen molar-refractivity contribution < 1.29 is 4.79 Å². The molecule has 1 amide bonds. The maximum absolute atomic E-state index is 12.4. The number of nitrogens with one attached hydrogen (secondary N) is 2. The highest BCUT2D eigenvalue weighted by Gasteiger charge is 2.11. The Morgan fingerprint density at radius 3 is 1.93 bits per heavy atom. The molecule has 3 aromatic carbocycles. The summed E-state index contributed by atoms with van der Waals surface area (Å²) in [6, 6.07) is 31.0. The van der Waals surface area contributed by atoms with E-state index in [1.54, 1.807) is 12.1 Å². The Balaban J connectivity index is 1.49. The lowest BCUT2D eigenvalue weighted by molar-refractivity contribution is 0.0949. The molecule has 0 atom stereocenters. The topological polar surface area (TPSA) is 62.0 Å². The van der Waals surface area contributed by atoms with Gasteiger partial charge in [0.1, 0.15) is 5.56 Å². The summed E-state index contributed by atoms with van der Waals surface area (Å²) in [5.74, 6) is -0.388. The van der Waals surface area contributed by atoms with Crippen LogP contribution in [-0.4, -0.2) is 10.9 Å². The first-order valence-corrected chi connectivity index (χ1v) is 9.42. The lowest BCUT2D eigenvalue weighted by Crippen LogP contribution is -2.29. The van der Waals surface area contributed by atoms with Gasteiger partial charge in [0, 0.05) is 12.2 Å². The number of carbonyl (C=O) groups excluding carboxylic acids is 1. The molecule has 0 spiro atoms. The van der Waals surface area contributed by atoms with Crippen LogP contribution >= 0.6 is 0 Å². The number of H-pyrrole nitrogens is 1. The van der Waals surface area contributed by atoms with Crippen LogP contribution in [0.1, 0.15) is 15.9 Å². The molecule has 0 saturated carbocycles. The molecule has 0 fully saturated rings. The summed E-state index contributed by atoms with van der Waals surface area (Å²) in [6.07, 6.45) is 0. The van der Waals surface area contributed by atoms with E-state index in [0.29, 0.717) is 12.2 Å². The molecule has 0 bridgehead atoms. The molecule has 1 heterocycles. The molecule has 0 radical (unpaired) electrons. The molecule has 4 aromatic rings. The Bertz CT molecular complexity index is 1160. The predicted octanol–water partition coefficient (Wildman–Crippen LogP) is 4.64. The predicted molar refractivity (Wildman–Crippen MR) is 116 cm³/mol. The van der Waals surface area contributed by atoms with Crippen molar-refractivity contribution in [3.8, 4) is 22.4 Å². The Morgan fingerprint density at radius 2 is 1.28 bits per heavy atom. The van der Waals surface area contributed by atoms with Crippen LogP contribution < -0.4 is 10.9 Å². The molecule has 4 heteroatoms. The molecular weight excluding hydrogens is 360 g/mol. The highest BCUT2D eigenvalue weighted by Crippen LogP contribution is 2.23.